The monoisotopic (exact) mass is 490 g/mol. The summed E-state index contributed by atoms with van der Waals surface area (Å²) in [6, 6.07) is 11.3. The number of benzene rings is 1. The van der Waals surface area contributed by atoms with Crippen LogP contribution in [0.2, 0.25) is 0 Å². The Labute approximate surface area is 211 Å². The quantitative estimate of drug-likeness (QED) is 0.521. The summed E-state index contributed by atoms with van der Waals surface area (Å²) >= 11 is 0. The topological polar surface area (TPSA) is 85.7 Å². The summed E-state index contributed by atoms with van der Waals surface area (Å²) in [4.78, 5) is 34.2. The van der Waals surface area contributed by atoms with E-state index in [1.807, 2.05) is 47.9 Å². The number of nitrogens with zero attached hydrogens (tertiary/aromatic N) is 3. The first-order valence-electron chi connectivity index (χ1n) is 12.7. The Morgan fingerprint density at radius 3 is 2.47 bits per heavy atom. The van der Waals surface area contributed by atoms with Crippen molar-refractivity contribution in [1.29, 1.82) is 0 Å². The minimum atomic E-state index is -1.12. The molecule has 8 nitrogen and oxygen atoms in total. The molecule has 0 saturated heterocycles. The second-order valence-corrected chi connectivity index (χ2v) is 10.00. The predicted octanol–water partition coefficient (Wildman–Crippen LogP) is 4.31. The molecule has 3 heterocycles. The van der Waals surface area contributed by atoms with Gasteiger partial charge in [-0.2, -0.15) is 0 Å². The van der Waals surface area contributed by atoms with Crippen LogP contribution >= 0.6 is 0 Å². The lowest BCUT2D eigenvalue weighted by molar-refractivity contribution is -0.134. The van der Waals surface area contributed by atoms with Crippen molar-refractivity contribution in [2.45, 2.75) is 70.1 Å². The number of rotatable bonds is 6. The third kappa shape index (κ3) is 4.18. The summed E-state index contributed by atoms with van der Waals surface area (Å²) in [5, 5.41) is 4.09. The van der Waals surface area contributed by atoms with Crippen LogP contribution < -0.4 is 14.8 Å². The van der Waals surface area contributed by atoms with Crippen molar-refractivity contribution in [2.24, 2.45) is 0 Å². The molecular weight excluding hydrogens is 456 g/mol. The number of carbonyl (C=O) groups is 2. The molecule has 36 heavy (non-hydrogen) atoms. The first-order chi connectivity index (χ1) is 17.5. The van der Waals surface area contributed by atoms with Gasteiger partial charge in [-0.05, 0) is 50.1 Å². The summed E-state index contributed by atoms with van der Waals surface area (Å²) in [5.41, 5.74) is 0.877. The van der Waals surface area contributed by atoms with Crippen LogP contribution in [0.5, 0.6) is 11.5 Å². The van der Waals surface area contributed by atoms with Crippen LogP contribution in [0.4, 0.5) is 0 Å². The molecule has 1 atom stereocenters. The summed E-state index contributed by atoms with van der Waals surface area (Å²) in [6.07, 6.45) is 8.28. The van der Waals surface area contributed by atoms with Crippen LogP contribution in [0, 0.1) is 0 Å². The number of hydrogen-bond donors (Lipinski definition) is 1. The van der Waals surface area contributed by atoms with Crippen LogP contribution in [0.25, 0.3) is 10.9 Å². The number of amides is 2. The van der Waals surface area contributed by atoms with Gasteiger partial charge < -0.3 is 24.3 Å². The van der Waals surface area contributed by atoms with Gasteiger partial charge >= 0.3 is 0 Å². The normalized spacial score (nSPS) is 20.6. The summed E-state index contributed by atoms with van der Waals surface area (Å²) in [7, 11) is 3.22. The Hall–Kier alpha value is -3.55. The molecule has 190 valence electrons. The van der Waals surface area contributed by atoms with Gasteiger partial charge in [-0.15, -0.1) is 0 Å². The average Bonchev–Trinajstić information content (AvgIpc) is 3.08. The Kier molecular flexibility index (Phi) is 6.60. The van der Waals surface area contributed by atoms with Crippen LogP contribution in [0.15, 0.2) is 42.6 Å². The van der Waals surface area contributed by atoms with Crippen LogP contribution in [-0.2, 0) is 17.9 Å². The van der Waals surface area contributed by atoms with E-state index in [4.69, 9.17) is 9.47 Å². The fourth-order valence-corrected chi connectivity index (χ4v) is 5.62. The van der Waals surface area contributed by atoms with Crippen LogP contribution in [-0.4, -0.2) is 52.1 Å². The SMILES string of the molecule is COc1ccc(OC)c2c1cc1n2CC(C)(C(=O)NC2CCCCCC2)N(Cc2ccccn2)C1=O. The van der Waals surface area contributed by atoms with Crippen molar-refractivity contribution in [1.82, 2.24) is 19.8 Å². The molecule has 2 aliphatic rings. The van der Waals surface area contributed by atoms with Crippen LogP contribution in [0.3, 0.4) is 0 Å². The molecule has 8 heteroatoms. The molecular formula is C28H34N4O4. The number of carbonyl (C=O) groups excluding carboxylic acids is 2. The van der Waals surface area contributed by atoms with E-state index in [1.54, 1.807) is 25.3 Å². The highest BCUT2D eigenvalue weighted by Crippen LogP contribution is 2.40. The van der Waals surface area contributed by atoms with Crippen molar-refractivity contribution in [3.8, 4) is 11.5 Å². The Bertz CT molecular complexity index is 1260. The second kappa shape index (κ2) is 9.84. The third-order valence-electron chi connectivity index (χ3n) is 7.67. The third-order valence-corrected chi connectivity index (χ3v) is 7.67. The van der Waals surface area contributed by atoms with E-state index in [9.17, 15) is 9.59 Å². The fourth-order valence-electron chi connectivity index (χ4n) is 5.62. The number of pyridine rings is 1. The first kappa shape index (κ1) is 24.2. The molecule has 5 rings (SSSR count). The Balaban J connectivity index is 1.60. The minimum absolute atomic E-state index is 0.126. The number of fused-ring (bicyclic) bond motifs is 3. The lowest BCUT2D eigenvalue weighted by Crippen LogP contribution is -2.64. The Morgan fingerprint density at radius 2 is 1.81 bits per heavy atom. The van der Waals surface area contributed by atoms with E-state index >= 15 is 0 Å². The lowest BCUT2D eigenvalue weighted by atomic mass is 9.93. The molecule has 1 saturated carbocycles. The van der Waals surface area contributed by atoms with E-state index in [2.05, 4.69) is 10.3 Å². The van der Waals surface area contributed by atoms with Crippen molar-refractivity contribution in [3.05, 3.63) is 54.0 Å². The number of nitrogens with one attached hydrogen (secondary N) is 1. The number of methoxy groups -OCH3 is 2. The van der Waals surface area contributed by atoms with Gasteiger partial charge in [0.2, 0.25) is 5.91 Å². The maximum Gasteiger partial charge on any atom is 0.271 e. The molecule has 2 aromatic heterocycles. The van der Waals surface area contributed by atoms with Crippen molar-refractivity contribution >= 4 is 22.7 Å². The molecule has 2 amide bonds. The highest BCUT2D eigenvalue weighted by atomic mass is 16.5. The van der Waals surface area contributed by atoms with Crippen molar-refractivity contribution in [3.63, 3.8) is 0 Å². The zero-order valence-corrected chi connectivity index (χ0v) is 21.3. The van der Waals surface area contributed by atoms with Crippen LogP contribution in [0.1, 0.15) is 61.6 Å². The molecule has 0 spiro atoms. The average molecular weight is 491 g/mol. The standard InChI is InChI=1S/C28H34N4O4/c1-28(27(34)30-19-10-6-4-5-7-11-19)18-31-22(26(33)32(28)17-20-12-8-9-15-29-20)16-21-23(35-2)13-14-24(36-3)25(21)31/h8-9,12-16,19H,4-7,10-11,17-18H2,1-3H3,(H,30,34). The number of aromatic nitrogens is 2. The van der Waals surface area contributed by atoms with Gasteiger partial charge in [-0.1, -0.05) is 31.7 Å². The van der Waals surface area contributed by atoms with Gasteiger partial charge in [0.25, 0.3) is 5.91 Å². The highest BCUT2D eigenvalue weighted by molar-refractivity contribution is 6.05. The van der Waals surface area contributed by atoms with Gasteiger partial charge in [0.15, 0.2) is 0 Å². The first-order valence-corrected chi connectivity index (χ1v) is 12.7. The molecule has 1 aromatic carbocycles. The molecule has 1 unspecified atom stereocenters. The summed E-state index contributed by atoms with van der Waals surface area (Å²) in [6.45, 7) is 2.40. The lowest BCUT2D eigenvalue weighted by Gasteiger charge is -2.44. The highest BCUT2D eigenvalue weighted by Gasteiger charge is 2.48. The number of ether oxygens (including phenoxy) is 2. The van der Waals surface area contributed by atoms with Gasteiger partial charge in [-0.25, -0.2) is 0 Å². The maximum atomic E-state index is 14.1. The Morgan fingerprint density at radius 1 is 1.08 bits per heavy atom. The van der Waals surface area contributed by atoms with E-state index in [0.717, 1.165) is 42.3 Å². The summed E-state index contributed by atoms with van der Waals surface area (Å²) < 4.78 is 13.2. The molecule has 0 radical (unpaired) electrons. The van der Waals surface area contributed by atoms with Crippen molar-refractivity contribution in [2.75, 3.05) is 14.2 Å². The van der Waals surface area contributed by atoms with Gasteiger partial charge in [0.05, 0.1) is 38.5 Å². The summed E-state index contributed by atoms with van der Waals surface area (Å²) in [5.74, 6) is 0.940. The zero-order chi connectivity index (χ0) is 25.3. The fraction of sp³-hybridized carbons (Fsp3) is 0.464. The molecule has 1 aliphatic carbocycles. The zero-order valence-electron chi connectivity index (χ0n) is 21.3. The minimum Gasteiger partial charge on any atom is -0.496 e. The largest absolute Gasteiger partial charge is 0.496 e. The van der Waals surface area contributed by atoms with E-state index < -0.39 is 5.54 Å². The maximum absolute atomic E-state index is 14.1. The molecule has 1 N–H and O–H groups in total. The number of hydrogen-bond acceptors (Lipinski definition) is 5. The van der Waals surface area contributed by atoms with Gasteiger partial charge in [-0.3, -0.25) is 14.6 Å². The molecule has 0 bridgehead atoms. The smallest absolute Gasteiger partial charge is 0.271 e. The predicted molar refractivity (Wildman–Crippen MR) is 137 cm³/mol. The molecule has 1 fully saturated rings. The van der Waals surface area contributed by atoms with E-state index in [0.29, 0.717) is 23.7 Å². The van der Waals surface area contributed by atoms with Gasteiger partial charge in [0, 0.05) is 17.6 Å². The van der Waals surface area contributed by atoms with E-state index in [-0.39, 0.29) is 24.4 Å². The van der Waals surface area contributed by atoms with E-state index in [1.165, 1.54) is 12.8 Å². The van der Waals surface area contributed by atoms with Crippen molar-refractivity contribution < 1.29 is 19.1 Å². The molecule has 3 aromatic rings. The molecule has 1 aliphatic heterocycles. The van der Waals surface area contributed by atoms with Gasteiger partial charge in [0.1, 0.15) is 22.7 Å². The second-order valence-electron chi connectivity index (χ2n) is 10.00.